The number of likely N-dealkylation sites (N-methyl/N-ethyl adjacent to an activating group) is 1. The van der Waals surface area contributed by atoms with Crippen LogP contribution in [0.25, 0.3) is 0 Å². The number of nitrogens with zero attached hydrogens (tertiary/aromatic N) is 1. The predicted molar refractivity (Wildman–Crippen MR) is 54.2 cm³/mol. The maximum Gasteiger partial charge on any atom is 0.143 e. The van der Waals surface area contributed by atoms with Crippen LogP contribution < -0.4 is 9.64 Å². The molecule has 13 heavy (non-hydrogen) atoms. The molecule has 0 saturated carbocycles. The molecule has 0 aliphatic carbocycles. The summed E-state index contributed by atoms with van der Waals surface area (Å²) in [5, 5.41) is 0. The van der Waals surface area contributed by atoms with E-state index in [1.165, 1.54) is 5.56 Å². The van der Waals surface area contributed by atoms with Gasteiger partial charge in [0.15, 0.2) is 0 Å². The number of aryl methyl sites for hydroxylation is 1. The number of hydrogen-bond donors (Lipinski definition) is 0. The Bertz CT molecular complexity index is 357. The molecular formula is C11H13NO. The van der Waals surface area contributed by atoms with Gasteiger partial charge in [0, 0.05) is 12.7 Å². The fourth-order valence-corrected chi connectivity index (χ4v) is 1.44. The second kappa shape index (κ2) is 2.80. The molecular weight excluding hydrogens is 162 g/mol. The van der Waals surface area contributed by atoms with Crippen LogP contribution >= 0.6 is 0 Å². The maximum atomic E-state index is 5.52. The summed E-state index contributed by atoms with van der Waals surface area (Å²) < 4.78 is 5.52. The zero-order chi connectivity index (χ0) is 9.42. The van der Waals surface area contributed by atoms with Crippen LogP contribution in [0.2, 0.25) is 0 Å². The first-order chi connectivity index (χ1) is 6.18. The lowest BCUT2D eigenvalue weighted by Crippen LogP contribution is -2.25. The van der Waals surface area contributed by atoms with Crippen molar-refractivity contribution < 1.29 is 4.74 Å². The van der Waals surface area contributed by atoms with Crippen molar-refractivity contribution in [2.75, 3.05) is 18.6 Å². The molecule has 2 rings (SSSR count). The van der Waals surface area contributed by atoms with Crippen molar-refractivity contribution in [1.82, 2.24) is 0 Å². The number of hydrogen-bond acceptors (Lipinski definition) is 2. The summed E-state index contributed by atoms with van der Waals surface area (Å²) in [4.78, 5) is 2.08. The largest absolute Gasteiger partial charge is 0.485 e. The van der Waals surface area contributed by atoms with E-state index in [4.69, 9.17) is 4.74 Å². The van der Waals surface area contributed by atoms with Crippen LogP contribution in [0.1, 0.15) is 5.56 Å². The Morgan fingerprint density at radius 1 is 1.46 bits per heavy atom. The monoisotopic (exact) mass is 175 g/mol. The minimum absolute atomic E-state index is 0.590. The van der Waals surface area contributed by atoms with E-state index in [1.54, 1.807) is 0 Å². The molecule has 0 saturated heterocycles. The highest BCUT2D eigenvalue weighted by Gasteiger charge is 2.17. The van der Waals surface area contributed by atoms with Crippen molar-refractivity contribution in [3.05, 3.63) is 36.0 Å². The minimum Gasteiger partial charge on any atom is -0.485 e. The highest BCUT2D eigenvalue weighted by Crippen LogP contribution is 2.34. The molecule has 0 atom stereocenters. The molecule has 0 spiro atoms. The van der Waals surface area contributed by atoms with Gasteiger partial charge in [-0.05, 0) is 24.6 Å². The zero-order valence-electron chi connectivity index (χ0n) is 8.00. The summed E-state index contributed by atoms with van der Waals surface area (Å²) in [7, 11) is 2.02. The molecule has 1 aromatic carbocycles. The van der Waals surface area contributed by atoms with Crippen molar-refractivity contribution >= 4 is 5.69 Å². The average Bonchev–Trinajstić information content (AvgIpc) is 2.12. The molecule has 0 amide bonds. The third-order valence-corrected chi connectivity index (χ3v) is 2.34. The normalized spacial score (nSPS) is 15.2. The molecule has 0 fully saturated rings. The highest BCUT2D eigenvalue weighted by molar-refractivity contribution is 5.64. The van der Waals surface area contributed by atoms with Crippen molar-refractivity contribution in [3.8, 4) is 5.75 Å². The predicted octanol–water partition coefficient (Wildman–Crippen LogP) is 2.34. The van der Waals surface area contributed by atoms with Gasteiger partial charge in [0.1, 0.15) is 12.4 Å². The average molecular weight is 175 g/mol. The van der Waals surface area contributed by atoms with E-state index in [0.717, 1.165) is 17.1 Å². The Labute approximate surface area is 78.4 Å². The van der Waals surface area contributed by atoms with Gasteiger partial charge in [0.05, 0.1) is 5.69 Å². The Balaban J connectivity index is 2.51. The smallest absolute Gasteiger partial charge is 0.143 e. The van der Waals surface area contributed by atoms with E-state index in [-0.39, 0.29) is 0 Å². The fourth-order valence-electron chi connectivity index (χ4n) is 1.44. The van der Waals surface area contributed by atoms with Gasteiger partial charge in [0.25, 0.3) is 0 Å². The summed E-state index contributed by atoms with van der Waals surface area (Å²) in [5.74, 6) is 0.945. The van der Waals surface area contributed by atoms with Gasteiger partial charge < -0.3 is 9.64 Å². The molecule has 1 aliphatic heterocycles. The topological polar surface area (TPSA) is 12.5 Å². The van der Waals surface area contributed by atoms with E-state index in [0.29, 0.717) is 6.61 Å². The molecule has 2 heteroatoms. The maximum absolute atomic E-state index is 5.52. The molecule has 1 aromatic rings. The molecule has 0 unspecified atom stereocenters. The third-order valence-electron chi connectivity index (χ3n) is 2.34. The lowest BCUT2D eigenvalue weighted by Gasteiger charge is -2.29. The molecule has 1 heterocycles. The van der Waals surface area contributed by atoms with Gasteiger partial charge in [-0.3, -0.25) is 0 Å². The highest BCUT2D eigenvalue weighted by atomic mass is 16.5. The zero-order valence-corrected chi connectivity index (χ0v) is 8.00. The molecule has 0 aromatic heterocycles. The Kier molecular flexibility index (Phi) is 1.76. The quantitative estimate of drug-likeness (QED) is 0.600. The Morgan fingerprint density at radius 3 is 3.00 bits per heavy atom. The van der Waals surface area contributed by atoms with Crippen LogP contribution in [0.3, 0.4) is 0 Å². The first-order valence-corrected chi connectivity index (χ1v) is 4.33. The number of rotatable bonds is 0. The SMILES string of the molecule is C=C1COc2ccc(C)cc2N1C. The van der Waals surface area contributed by atoms with Crippen LogP contribution in [0.4, 0.5) is 5.69 Å². The first kappa shape index (κ1) is 8.17. The van der Waals surface area contributed by atoms with Gasteiger partial charge in [0.2, 0.25) is 0 Å². The second-order valence-electron chi connectivity index (χ2n) is 3.39. The second-order valence-corrected chi connectivity index (χ2v) is 3.39. The van der Waals surface area contributed by atoms with Gasteiger partial charge in [-0.2, -0.15) is 0 Å². The van der Waals surface area contributed by atoms with Crippen molar-refractivity contribution in [2.45, 2.75) is 6.92 Å². The van der Waals surface area contributed by atoms with Crippen LogP contribution in [0, 0.1) is 6.92 Å². The number of fused-ring (bicyclic) bond motifs is 1. The number of anilines is 1. The molecule has 0 radical (unpaired) electrons. The van der Waals surface area contributed by atoms with E-state index in [2.05, 4.69) is 30.5 Å². The Hall–Kier alpha value is -1.44. The molecule has 0 N–H and O–H groups in total. The van der Waals surface area contributed by atoms with Gasteiger partial charge in [-0.15, -0.1) is 0 Å². The van der Waals surface area contributed by atoms with Crippen molar-refractivity contribution in [1.29, 1.82) is 0 Å². The van der Waals surface area contributed by atoms with Crippen LogP contribution in [-0.4, -0.2) is 13.7 Å². The molecule has 1 aliphatic rings. The van der Waals surface area contributed by atoms with E-state index < -0.39 is 0 Å². The van der Waals surface area contributed by atoms with E-state index in [9.17, 15) is 0 Å². The summed E-state index contributed by atoms with van der Waals surface area (Å²) in [5.41, 5.74) is 3.35. The molecule has 2 nitrogen and oxygen atoms in total. The molecule has 68 valence electrons. The van der Waals surface area contributed by atoms with Crippen LogP contribution in [-0.2, 0) is 0 Å². The van der Waals surface area contributed by atoms with Gasteiger partial charge in [-0.1, -0.05) is 12.6 Å². The lowest BCUT2D eigenvalue weighted by molar-refractivity contribution is 0.338. The number of ether oxygens (including phenoxy) is 1. The summed E-state index contributed by atoms with van der Waals surface area (Å²) in [6, 6.07) is 6.17. The van der Waals surface area contributed by atoms with Crippen molar-refractivity contribution in [3.63, 3.8) is 0 Å². The Morgan fingerprint density at radius 2 is 2.23 bits per heavy atom. The van der Waals surface area contributed by atoms with E-state index >= 15 is 0 Å². The summed E-state index contributed by atoms with van der Waals surface area (Å²) in [6.45, 7) is 6.59. The van der Waals surface area contributed by atoms with Gasteiger partial charge in [-0.25, -0.2) is 0 Å². The fraction of sp³-hybridized carbons (Fsp3) is 0.273. The first-order valence-electron chi connectivity index (χ1n) is 4.33. The summed E-state index contributed by atoms with van der Waals surface area (Å²) in [6.07, 6.45) is 0. The standard InChI is InChI=1S/C11H13NO/c1-8-4-5-11-10(6-8)12(3)9(2)7-13-11/h4-6H,2,7H2,1,3H3. The van der Waals surface area contributed by atoms with Crippen molar-refractivity contribution in [2.24, 2.45) is 0 Å². The molecule has 0 bridgehead atoms. The minimum atomic E-state index is 0.590. The van der Waals surface area contributed by atoms with Crippen LogP contribution in [0.15, 0.2) is 30.5 Å². The van der Waals surface area contributed by atoms with E-state index in [1.807, 2.05) is 13.1 Å². The third kappa shape index (κ3) is 1.28. The summed E-state index contributed by atoms with van der Waals surface area (Å²) >= 11 is 0. The van der Waals surface area contributed by atoms with Gasteiger partial charge >= 0.3 is 0 Å². The number of benzene rings is 1. The lowest BCUT2D eigenvalue weighted by atomic mass is 10.1. The van der Waals surface area contributed by atoms with Crippen LogP contribution in [0.5, 0.6) is 5.75 Å².